The van der Waals surface area contributed by atoms with Gasteiger partial charge in [-0.1, -0.05) is 35.9 Å². The molecule has 0 atom stereocenters. The SMILES string of the molecule is CS(=O)(=O)c1ccccc1C(=O)N1CCN(Cc2ccc(-c3cccc(Cl)c3)s2)CC1. The molecule has 0 aliphatic carbocycles. The first-order valence-corrected chi connectivity index (χ1v) is 13.1. The molecule has 0 unspecified atom stereocenters. The summed E-state index contributed by atoms with van der Waals surface area (Å²) in [6, 6.07) is 18.5. The normalized spacial score (nSPS) is 15.2. The zero-order valence-corrected chi connectivity index (χ0v) is 19.5. The van der Waals surface area contributed by atoms with E-state index < -0.39 is 9.84 Å². The molecule has 1 aromatic heterocycles. The highest BCUT2D eigenvalue weighted by molar-refractivity contribution is 7.90. The number of carbonyl (C=O) groups is 1. The van der Waals surface area contributed by atoms with Crippen molar-refractivity contribution in [2.24, 2.45) is 0 Å². The van der Waals surface area contributed by atoms with E-state index in [2.05, 4.69) is 23.1 Å². The first kappa shape index (κ1) is 22.0. The van der Waals surface area contributed by atoms with Crippen LogP contribution >= 0.6 is 22.9 Å². The van der Waals surface area contributed by atoms with Gasteiger partial charge in [-0.2, -0.15) is 0 Å². The molecule has 31 heavy (non-hydrogen) atoms. The number of benzene rings is 2. The summed E-state index contributed by atoms with van der Waals surface area (Å²) in [5.74, 6) is -0.222. The second kappa shape index (κ2) is 9.12. The average Bonchev–Trinajstić information content (AvgIpc) is 3.22. The van der Waals surface area contributed by atoms with Crippen LogP contribution in [0.4, 0.5) is 0 Å². The summed E-state index contributed by atoms with van der Waals surface area (Å²) in [4.78, 5) is 19.6. The maximum absolute atomic E-state index is 13.0. The lowest BCUT2D eigenvalue weighted by molar-refractivity contribution is 0.0626. The Bertz CT molecular complexity index is 1200. The smallest absolute Gasteiger partial charge is 0.255 e. The van der Waals surface area contributed by atoms with E-state index in [4.69, 9.17) is 11.6 Å². The summed E-state index contributed by atoms with van der Waals surface area (Å²) in [6.45, 7) is 3.47. The Morgan fingerprint density at radius 2 is 1.74 bits per heavy atom. The minimum atomic E-state index is -3.46. The highest BCUT2D eigenvalue weighted by Gasteiger charge is 2.26. The van der Waals surface area contributed by atoms with Gasteiger partial charge in [0.1, 0.15) is 0 Å². The molecule has 0 N–H and O–H groups in total. The Morgan fingerprint density at radius 3 is 2.45 bits per heavy atom. The van der Waals surface area contributed by atoms with Crippen LogP contribution in [-0.2, 0) is 16.4 Å². The molecule has 4 rings (SSSR count). The lowest BCUT2D eigenvalue weighted by atomic mass is 10.1. The molecular weight excluding hydrogens is 452 g/mol. The molecule has 162 valence electrons. The van der Waals surface area contributed by atoms with Crippen molar-refractivity contribution in [2.75, 3.05) is 32.4 Å². The Morgan fingerprint density at radius 1 is 1.00 bits per heavy atom. The van der Waals surface area contributed by atoms with Crippen LogP contribution in [-0.4, -0.2) is 56.6 Å². The number of piperazine rings is 1. The summed E-state index contributed by atoms with van der Waals surface area (Å²) in [7, 11) is -3.46. The van der Waals surface area contributed by atoms with Crippen molar-refractivity contribution in [2.45, 2.75) is 11.4 Å². The Kier molecular flexibility index (Phi) is 6.48. The van der Waals surface area contributed by atoms with Crippen LogP contribution in [0.5, 0.6) is 0 Å². The lowest BCUT2D eigenvalue weighted by Crippen LogP contribution is -2.48. The van der Waals surface area contributed by atoms with Crippen molar-refractivity contribution in [1.82, 2.24) is 9.80 Å². The summed E-state index contributed by atoms with van der Waals surface area (Å²) >= 11 is 7.86. The van der Waals surface area contributed by atoms with Crippen molar-refractivity contribution in [1.29, 1.82) is 0 Å². The third kappa shape index (κ3) is 5.18. The van der Waals surface area contributed by atoms with Crippen LogP contribution in [0.15, 0.2) is 65.6 Å². The Labute approximate surface area is 191 Å². The highest BCUT2D eigenvalue weighted by Crippen LogP contribution is 2.30. The van der Waals surface area contributed by atoms with E-state index >= 15 is 0 Å². The van der Waals surface area contributed by atoms with E-state index in [9.17, 15) is 13.2 Å². The van der Waals surface area contributed by atoms with Gasteiger partial charge >= 0.3 is 0 Å². The summed E-state index contributed by atoms with van der Waals surface area (Å²) in [5, 5.41) is 0.727. The second-order valence-corrected chi connectivity index (χ2v) is 11.2. The molecule has 1 aliphatic rings. The third-order valence-corrected chi connectivity index (χ3v) is 7.84. The molecule has 1 aliphatic heterocycles. The summed E-state index contributed by atoms with van der Waals surface area (Å²) < 4.78 is 24.1. The molecule has 2 aromatic carbocycles. The monoisotopic (exact) mass is 474 g/mol. The standard InChI is InChI=1S/C23H23ClN2O3S2/c1-31(28,29)22-8-3-2-7-20(22)23(27)26-13-11-25(12-14-26)16-19-9-10-21(30-19)17-5-4-6-18(24)15-17/h2-10,15H,11-14,16H2,1H3. The molecule has 0 saturated carbocycles. The number of sulfone groups is 1. The summed E-state index contributed by atoms with van der Waals surface area (Å²) in [5.41, 5.74) is 1.37. The molecule has 5 nitrogen and oxygen atoms in total. The largest absolute Gasteiger partial charge is 0.336 e. The fourth-order valence-electron chi connectivity index (χ4n) is 3.73. The maximum atomic E-state index is 13.0. The second-order valence-electron chi connectivity index (χ2n) is 7.61. The van der Waals surface area contributed by atoms with E-state index in [0.29, 0.717) is 13.1 Å². The molecule has 2 heterocycles. The van der Waals surface area contributed by atoms with Gasteiger partial charge in [-0.05, 0) is 42.0 Å². The molecule has 0 radical (unpaired) electrons. The van der Waals surface area contributed by atoms with Crippen molar-refractivity contribution >= 4 is 38.7 Å². The number of thiophene rings is 1. The molecule has 1 amide bonds. The van der Waals surface area contributed by atoms with Crippen molar-refractivity contribution in [3.63, 3.8) is 0 Å². The molecular formula is C23H23ClN2O3S2. The van der Waals surface area contributed by atoms with Crippen molar-refractivity contribution in [3.05, 3.63) is 76.1 Å². The highest BCUT2D eigenvalue weighted by atomic mass is 35.5. The van der Waals surface area contributed by atoms with Gasteiger partial charge in [0.25, 0.3) is 5.91 Å². The third-order valence-electron chi connectivity index (χ3n) is 5.33. The Hall–Kier alpha value is -2.19. The zero-order valence-electron chi connectivity index (χ0n) is 17.1. The molecule has 3 aromatic rings. The van der Waals surface area contributed by atoms with E-state index in [1.807, 2.05) is 18.2 Å². The van der Waals surface area contributed by atoms with Crippen LogP contribution in [0.2, 0.25) is 5.02 Å². The average molecular weight is 475 g/mol. The quantitative estimate of drug-likeness (QED) is 0.549. The van der Waals surface area contributed by atoms with Crippen LogP contribution in [0, 0.1) is 0 Å². The molecule has 8 heteroatoms. The fraction of sp³-hybridized carbons (Fsp3) is 0.261. The van der Waals surface area contributed by atoms with Crippen LogP contribution in [0.3, 0.4) is 0 Å². The van der Waals surface area contributed by atoms with Gasteiger partial charge < -0.3 is 4.90 Å². The van der Waals surface area contributed by atoms with Gasteiger partial charge in [0, 0.05) is 53.8 Å². The van der Waals surface area contributed by atoms with Gasteiger partial charge in [-0.25, -0.2) is 8.42 Å². The van der Waals surface area contributed by atoms with Crippen LogP contribution in [0.1, 0.15) is 15.2 Å². The number of amides is 1. The zero-order chi connectivity index (χ0) is 22.0. The van der Waals surface area contributed by atoms with Gasteiger partial charge in [0.15, 0.2) is 9.84 Å². The first-order chi connectivity index (χ1) is 14.8. The van der Waals surface area contributed by atoms with Crippen LogP contribution < -0.4 is 0 Å². The first-order valence-electron chi connectivity index (χ1n) is 9.96. The number of hydrogen-bond acceptors (Lipinski definition) is 5. The number of halogens is 1. The predicted octanol–water partition coefficient (Wildman–Crippen LogP) is 4.43. The van der Waals surface area contributed by atoms with E-state index in [1.165, 1.54) is 15.8 Å². The number of carbonyl (C=O) groups excluding carboxylic acids is 1. The van der Waals surface area contributed by atoms with Crippen molar-refractivity contribution < 1.29 is 13.2 Å². The van der Waals surface area contributed by atoms with E-state index in [1.54, 1.807) is 34.4 Å². The number of hydrogen-bond donors (Lipinski definition) is 0. The van der Waals surface area contributed by atoms with Crippen LogP contribution in [0.25, 0.3) is 10.4 Å². The molecule has 1 saturated heterocycles. The van der Waals surface area contributed by atoms with Gasteiger partial charge in [-0.3, -0.25) is 9.69 Å². The number of nitrogens with zero attached hydrogens (tertiary/aromatic N) is 2. The number of rotatable bonds is 5. The van der Waals surface area contributed by atoms with E-state index in [0.717, 1.165) is 36.5 Å². The maximum Gasteiger partial charge on any atom is 0.255 e. The minimum absolute atomic E-state index is 0.0922. The predicted molar refractivity (Wildman–Crippen MR) is 125 cm³/mol. The van der Waals surface area contributed by atoms with Gasteiger partial charge in [-0.15, -0.1) is 11.3 Å². The molecule has 1 fully saturated rings. The lowest BCUT2D eigenvalue weighted by Gasteiger charge is -2.34. The van der Waals surface area contributed by atoms with Crippen molar-refractivity contribution in [3.8, 4) is 10.4 Å². The molecule has 0 bridgehead atoms. The summed E-state index contributed by atoms with van der Waals surface area (Å²) in [6.07, 6.45) is 1.13. The molecule has 0 spiro atoms. The topological polar surface area (TPSA) is 57.7 Å². The Balaban J connectivity index is 1.38. The van der Waals surface area contributed by atoms with E-state index in [-0.39, 0.29) is 16.4 Å². The van der Waals surface area contributed by atoms with Gasteiger partial charge in [0.2, 0.25) is 0 Å². The minimum Gasteiger partial charge on any atom is -0.336 e. The fourth-order valence-corrected chi connectivity index (χ4v) is 5.84. The van der Waals surface area contributed by atoms with Gasteiger partial charge in [0.05, 0.1) is 10.5 Å².